The van der Waals surface area contributed by atoms with Crippen LogP contribution < -0.4 is 4.90 Å². The summed E-state index contributed by atoms with van der Waals surface area (Å²) in [5, 5.41) is 8.34. The van der Waals surface area contributed by atoms with E-state index in [1.54, 1.807) is 6.08 Å². The maximum atomic E-state index is 12.6. The van der Waals surface area contributed by atoms with Crippen molar-refractivity contribution in [1.82, 2.24) is 0 Å². The monoisotopic (exact) mass is 320 g/mol. The van der Waals surface area contributed by atoms with Crippen molar-refractivity contribution in [3.05, 3.63) is 82.8 Å². The van der Waals surface area contributed by atoms with Crippen molar-refractivity contribution in [2.45, 2.75) is 6.92 Å². The second-order valence-corrected chi connectivity index (χ2v) is 6.17. The molecule has 114 valence electrons. The number of para-hydroxylation sites is 1. The number of nitrogens with zero attached hydrogens (tertiary/aromatic N) is 1. The Balaban J connectivity index is 1.83. The van der Waals surface area contributed by atoms with Crippen LogP contribution in [0, 0.1) is 12.3 Å². The molecule has 1 N–H and O–H groups in total. The van der Waals surface area contributed by atoms with Crippen LogP contribution in [0.3, 0.4) is 0 Å². The summed E-state index contributed by atoms with van der Waals surface area (Å²) in [6, 6.07) is 17.5. The van der Waals surface area contributed by atoms with E-state index in [1.165, 1.54) is 16.7 Å². The van der Waals surface area contributed by atoms with E-state index in [-0.39, 0.29) is 11.1 Å². The number of hydrogen-bond donors (Lipinski definition) is 1. The average Bonchev–Trinajstić information content (AvgIpc) is 2.83. The van der Waals surface area contributed by atoms with Crippen molar-refractivity contribution < 1.29 is 4.79 Å². The molecule has 1 saturated heterocycles. The molecule has 0 bridgehead atoms. The molecule has 2 aromatic rings. The van der Waals surface area contributed by atoms with E-state index in [9.17, 15) is 4.79 Å². The molecule has 0 unspecified atom stereocenters. The topological polar surface area (TPSA) is 44.2 Å². The number of aryl methyl sites for hydroxylation is 1. The molecular weight excluding hydrogens is 304 g/mol. The van der Waals surface area contributed by atoms with Crippen molar-refractivity contribution in [2.75, 3.05) is 4.90 Å². The maximum Gasteiger partial charge on any atom is 0.271 e. The van der Waals surface area contributed by atoms with Crippen LogP contribution in [0.15, 0.2) is 71.7 Å². The van der Waals surface area contributed by atoms with E-state index in [0.29, 0.717) is 4.91 Å². The molecule has 0 atom stereocenters. The van der Waals surface area contributed by atoms with Gasteiger partial charge in [-0.25, -0.2) is 0 Å². The van der Waals surface area contributed by atoms with Crippen LogP contribution in [-0.2, 0) is 4.79 Å². The van der Waals surface area contributed by atoms with Gasteiger partial charge in [0.1, 0.15) is 0 Å². The summed E-state index contributed by atoms with van der Waals surface area (Å²) in [7, 11) is 0. The lowest BCUT2D eigenvalue weighted by molar-refractivity contribution is -0.113. The molecule has 0 radical (unpaired) electrons. The minimum absolute atomic E-state index is 0.146. The zero-order valence-electron chi connectivity index (χ0n) is 12.7. The van der Waals surface area contributed by atoms with Gasteiger partial charge in [-0.05, 0) is 42.0 Å². The fourth-order valence-electron chi connectivity index (χ4n) is 2.35. The van der Waals surface area contributed by atoms with Crippen molar-refractivity contribution in [3.63, 3.8) is 0 Å². The van der Waals surface area contributed by atoms with Crippen LogP contribution in [0.2, 0.25) is 0 Å². The lowest BCUT2D eigenvalue weighted by Crippen LogP contribution is -2.28. The van der Waals surface area contributed by atoms with E-state index in [2.05, 4.69) is 0 Å². The number of carbonyl (C=O) groups is 1. The quantitative estimate of drug-likeness (QED) is 0.840. The van der Waals surface area contributed by atoms with E-state index in [1.807, 2.05) is 73.7 Å². The van der Waals surface area contributed by atoms with E-state index in [4.69, 9.17) is 5.41 Å². The zero-order valence-corrected chi connectivity index (χ0v) is 13.5. The summed E-state index contributed by atoms with van der Waals surface area (Å²) < 4.78 is 0. The van der Waals surface area contributed by atoms with Crippen LogP contribution in [-0.4, -0.2) is 11.1 Å². The molecular formula is C19H16N2OS. The molecule has 1 heterocycles. The number of amidine groups is 1. The molecule has 3 rings (SSSR count). The summed E-state index contributed by atoms with van der Waals surface area (Å²) in [5.74, 6) is -0.146. The second kappa shape index (κ2) is 6.67. The van der Waals surface area contributed by atoms with E-state index in [0.717, 1.165) is 16.8 Å². The molecule has 2 aromatic carbocycles. The van der Waals surface area contributed by atoms with Gasteiger partial charge < -0.3 is 0 Å². The molecule has 0 spiro atoms. The van der Waals surface area contributed by atoms with Gasteiger partial charge in [0.2, 0.25) is 0 Å². The normalized spacial score (nSPS) is 16.7. The lowest BCUT2D eigenvalue weighted by Gasteiger charge is -2.16. The third kappa shape index (κ3) is 3.27. The molecule has 1 fully saturated rings. The smallest absolute Gasteiger partial charge is 0.271 e. The van der Waals surface area contributed by atoms with Gasteiger partial charge in [0.05, 0.1) is 10.6 Å². The Kier molecular flexibility index (Phi) is 4.44. The van der Waals surface area contributed by atoms with Crippen LogP contribution in [0.4, 0.5) is 5.69 Å². The molecule has 23 heavy (non-hydrogen) atoms. The number of amides is 1. The van der Waals surface area contributed by atoms with Gasteiger partial charge >= 0.3 is 0 Å². The number of thioether (sulfide) groups is 1. The highest BCUT2D eigenvalue weighted by atomic mass is 32.2. The van der Waals surface area contributed by atoms with Gasteiger partial charge in [-0.3, -0.25) is 15.1 Å². The van der Waals surface area contributed by atoms with Crippen molar-refractivity contribution in [1.29, 1.82) is 5.41 Å². The van der Waals surface area contributed by atoms with E-state index >= 15 is 0 Å². The van der Waals surface area contributed by atoms with Crippen molar-refractivity contribution >= 4 is 34.6 Å². The summed E-state index contributed by atoms with van der Waals surface area (Å²) >= 11 is 1.19. The Morgan fingerprint density at radius 2 is 1.74 bits per heavy atom. The number of allylic oxidation sites excluding steroid dienone is 2. The predicted molar refractivity (Wildman–Crippen MR) is 97.5 cm³/mol. The van der Waals surface area contributed by atoms with Gasteiger partial charge in [0, 0.05) is 0 Å². The highest BCUT2D eigenvalue weighted by molar-refractivity contribution is 8.19. The maximum absolute atomic E-state index is 12.6. The van der Waals surface area contributed by atoms with Gasteiger partial charge in [-0.1, -0.05) is 60.7 Å². The number of nitrogens with one attached hydrogen (secondary N) is 1. The highest BCUT2D eigenvalue weighted by Crippen LogP contribution is 2.35. The third-order valence-electron chi connectivity index (χ3n) is 3.52. The molecule has 0 saturated carbocycles. The first kappa shape index (κ1) is 15.3. The van der Waals surface area contributed by atoms with E-state index < -0.39 is 0 Å². The first-order valence-electron chi connectivity index (χ1n) is 7.27. The summed E-state index contributed by atoms with van der Waals surface area (Å²) in [6.07, 6.45) is 5.57. The summed E-state index contributed by atoms with van der Waals surface area (Å²) in [5.41, 5.74) is 2.82. The number of anilines is 1. The molecule has 0 aromatic heterocycles. The molecule has 1 aliphatic heterocycles. The predicted octanol–water partition coefficient (Wildman–Crippen LogP) is 4.61. The summed E-state index contributed by atoms with van der Waals surface area (Å²) in [4.78, 5) is 14.6. The Labute approximate surface area is 139 Å². The van der Waals surface area contributed by atoms with Gasteiger partial charge in [-0.2, -0.15) is 0 Å². The fraction of sp³-hybridized carbons (Fsp3) is 0.0526. The molecule has 4 heteroatoms. The third-order valence-corrected chi connectivity index (χ3v) is 4.42. The first-order valence-corrected chi connectivity index (χ1v) is 8.08. The first-order chi connectivity index (χ1) is 11.2. The average molecular weight is 320 g/mol. The van der Waals surface area contributed by atoms with Crippen LogP contribution >= 0.6 is 11.8 Å². The molecule has 3 nitrogen and oxygen atoms in total. The highest BCUT2D eigenvalue weighted by Gasteiger charge is 2.33. The standard InChI is InChI=1S/C19H16N2OS/c1-14-8-5-6-12-16(14)21-18(22)17(23-19(21)20)13-7-11-15-9-3-2-4-10-15/h2-13,20H,1H3/b11-7+,17-13-,20-19?. The largest absolute Gasteiger partial charge is 0.278 e. The number of benzene rings is 2. The molecule has 1 aliphatic rings. The zero-order chi connectivity index (χ0) is 16.2. The minimum Gasteiger partial charge on any atom is -0.278 e. The SMILES string of the molecule is Cc1ccccc1N1C(=N)S/C(=C\C=C\c2ccccc2)C1=O. The van der Waals surface area contributed by atoms with Gasteiger partial charge in [-0.15, -0.1) is 0 Å². The number of hydrogen-bond acceptors (Lipinski definition) is 3. The van der Waals surface area contributed by atoms with Gasteiger partial charge in [0.15, 0.2) is 5.17 Å². The minimum atomic E-state index is -0.146. The lowest BCUT2D eigenvalue weighted by atomic mass is 10.2. The molecule has 0 aliphatic carbocycles. The van der Waals surface area contributed by atoms with Crippen molar-refractivity contribution in [2.24, 2.45) is 0 Å². The van der Waals surface area contributed by atoms with Crippen LogP contribution in [0.5, 0.6) is 0 Å². The van der Waals surface area contributed by atoms with Crippen LogP contribution in [0.1, 0.15) is 11.1 Å². The Hall–Kier alpha value is -2.59. The Morgan fingerprint density at radius 1 is 1.04 bits per heavy atom. The second-order valence-electron chi connectivity index (χ2n) is 5.13. The summed E-state index contributed by atoms with van der Waals surface area (Å²) in [6.45, 7) is 1.94. The van der Waals surface area contributed by atoms with Gasteiger partial charge in [0.25, 0.3) is 5.91 Å². The molecule has 1 amide bonds. The fourth-order valence-corrected chi connectivity index (χ4v) is 3.15. The van der Waals surface area contributed by atoms with Crippen molar-refractivity contribution in [3.8, 4) is 0 Å². The van der Waals surface area contributed by atoms with Crippen LogP contribution in [0.25, 0.3) is 6.08 Å². The Bertz CT molecular complexity index is 809. The number of carbonyl (C=O) groups excluding carboxylic acids is 1. The Morgan fingerprint density at radius 3 is 2.48 bits per heavy atom. The number of rotatable bonds is 3.